The third-order valence-corrected chi connectivity index (χ3v) is 5.73. The van der Waals surface area contributed by atoms with Crippen LogP contribution in [0.15, 0.2) is 27.6 Å². The van der Waals surface area contributed by atoms with Gasteiger partial charge in [0.05, 0.1) is 4.90 Å². The molecule has 1 aliphatic heterocycles. The summed E-state index contributed by atoms with van der Waals surface area (Å²) in [6.45, 7) is 5.35. The van der Waals surface area contributed by atoms with Crippen LogP contribution in [0.3, 0.4) is 0 Å². The van der Waals surface area contributed by atoms with Crippen molar-refractivity contribution in [1.29, 1.82) is 0 Å². The van der Waals surface area contributed by atoms with E-state index in [-0.39, 0.29) is 0 Å². The minimum absolute atomic E-state index is 0.393. The molecule has 0 N–H and O–H groups in total. The number of sulfonamides is 1. The Morgan fingerprint density at radius 3 is 2.39 bits per heavy atom. The normalized spacial score (nSPS) is 19.1. The van der Waals surface area contributed by atoms with Gasteiger partial charge >= 0.3 is 0 Å². The maximum atomic E-state index is 12.5. The Bertz CT molecular complexity index is 514. The summed E-state index contributed by atoms with van der Waals surface area (Å²) < 4.78 is 27.4. The fourth-order valence-electron chi connectivity index (χ4n) is 2.23. The Balaban J connectivity index is 2.30. The quantitative estimate of drug-likeness (QED) is 0.834. The lowest BCUT2D eigenvalue weighted by molar-refractivity contribution is 0.288. The van der Waals surface area contributed by atoms with Crippen molar-refractivity contribution >= 4 is 26.0 Å². The van der Waals surface area contributed by atoms with Crippen LogP contribution in [0.2, 0.25) is 0 Å². The van der Waals surface area contributed by atoms with Crippen molar-refractivity contribution in [3.05, 3.63) is 28.2 Å². The lowest BCUT2D eigenvalue weighted by Gasteiger charge is -2.29. The summed E-state index contributed by atoms with van der Waals surface area (Å²) in [6, 6.07) is 5.33. The maximum absolute atomic E-state index is 12.5. The Hall–Kier alpha value is -0.390. The molecule has 5 heteroatoms. The molecule has 0 atom stereocenters. The van der Waals surface area contributed by atoms with E-state index in [1.165, 1.54) is 0 Å². The Morgan fingerprint density at radius 2 is 1.83 bits per heavy atom. The van der Waals surface area contributed by atoms with Crippen molar-refractivity contribution in [3.63, 3.8) is 0 Å². The van der Waals surface area contributed by atoms with Gasteiger partial charge in [0, 0.05) is 17.6 Å². The topological polar surface area (TPSA) is 37.4 Å². The molecular weight excluding hydrogens is 314 g/mol. The van der Waals surface area contributed by atoms with Crippen molar-refractivity contribution in [3.8, 4) is 0 Å². The van der Waals surface area contributed by atoms with Gasteiger partial charge in [0.25, 0.3) is 0 Å². The monoisotopic (exact) mass is 331 g/mol. The number of nitrogens with zero attached hydrogens (tertiary/aromatic N) is 1. The summed E-state index contributed by atoms with van der Waals surface area (Å²) in [5.74, 6) is 0.626. The Kier molecular flexibility index (Phi) is 4.14. The molecule has 1 aliphatic rings. The smallest absolute Gasteiger partial charge is 0.207 e. The van der Waals surface area contributed by atoms with Crippen LogP contribution in [0, 0.1) is 12.8 Å². The molecular formula is C13H18BrNO2S. The van der Waals surface area contributed by atoms with Gasteiger partial charge < -0.3 is 0 Å². The molecule has 0 aliphatic carbocycles. The second-order valence-electron chi connectivity index (χ2n) is 5.05. The predicted octanol–water partition coefficient (Wildman–Crippen LogP) is 3.18. The van der Waals surface area contributed by atoms with Gasteiger partial charge in [-0.1, -0.05) is 22.9 Å². The van der Waals surface area contributed by atoms with Crippen molar-refractivity contribution in [2.45, 2.75) is 31.6 Å². The van der Waals surface area contributed by atoms with E-state index < -0.39 is 10.0 Å². The number of piperidine rings is 1. The molecule has 0 unspecified atom stereocenters. The van der Waals surface area contributed by atoms with Crippen LogP contribution < -0.4 is 0 Å². The van der Waals surface area contributed by atoms with E-state index in [2.05, 4.69) is 22.9 Å². The van der Waals surface area contributed by atoms with Gasteiger partial charge in [0.2, 0.25) is 10.0 Å². The molecule has 0 saturated carbocycles. The van der Waals surface area contributed by atoms with E-state index in [0.29, 0.717) is 23.9 Å². The van der Waals surface area contributed by atoms with Crippen LogP contribution in [0.25, 0.3) is 0 Å². The zero-order valence-corrected chi connectivity index (χ0v) is 13.1. The van der Waals surface area contributed by atoms with Gasteiger partial charge in [-0.25, -0.2) is 8.42 Å². The lowest BCUT2D eigenvalue weighted by atomic mass is 10.0. The third kappa shape index (κ3) is 2.95. The first-order valence-corrected chi connectivity index (χ1v) is 8.40. The molecule has 0 spiro atoms. The Morgan fingerprint density at radius 1 is 1.22 bits per heavy atom. The number of hydrogen-bond acceptors (Lipinski definition) is 2. The molecule has 18 heavy (non-hydrogen) atoms. The number of halogens is 1. The average molecular weight is 332 g/mol. The van der Waals surface area contributed by atoms with E-state index in [9.17, 15) is 8.42 Å². The zero-order chi connectivity index (χ0) is 13.3. The number of benzene rings is 1. The largest absolute Gasteiger partial charge is 0.243 e. The van der Waals surface area contributed by atoms with Crippen LogP contribution in [0.1, 0.15) is 25.3 Å². The second-order valence-corrected chi connectivity index (χ2v) is 7.90. The highest BCUT2D eigenvalue weighted by molar-refractivity contribution is 9.10. The second kappa shape index (κ2) is 5.31. The highest BCUT2D eigenvalue weighted by atomic mass is 79.9. The number of hydrogen-bond donors (Lipinski definition) is 0. The molecule has 1 heterocycles. The SMILES string of the molecule is Cc1cc(Br)cc(S(=O)(=O)N2CCC(C)CC2)c1. The van der Waals surface area contributed by atoms with E-state index in [4.69, 9.17) is 0 Å². The van der Waals surface area contributed by atoms with E-state index in [1.807, 2.05) is 13.0 Å². The van der Waals surface area contributed by atoms with Crippen LogP contribution in [-0.2, 0) is 10.0 Å². The summed E-state index contributed by atoms with van der Waals surface area (Å²) in [5, 5.41) is 0. The van der Waals surface area contributed by atoms with Crippen LogP contribution >= 0.6 is 15.9 Å². The minimum atomic E-state index is -3.33. The van der Waals surface area contributed by atoms with Crippen molar-refractivity contribution in [1.82, 2.24) is 4.31 Å². The molecule has 1 fully saturated rings. The Labute approximate surface area is 117 Å². The highest BCUT2D eigenvalue weighted by Gasteiger charge is 2.28. The molecule has 0 aromatic heterocycles. The summed E-state index contributed by atoms with van der Waals surface area (Å²) in [6.07, 6.45) is 1.90. The predicted molar refractivity (Wildman–Crippen MR) is 76.0 cm³/mol. The first-order valence-electron chi connectivity index (χ1n) is 6.17. The lowest BCUT2D eigenvalue weighted by Crippen LogP contribution is -2.37. The van der Waals surface area contributed by atoms with Gasteiger partial charge in [-0.3, -0.25) is 0 Å². The molecule has 1 saturated heterocycles. The molecule has 100 valence electrons. The number of rotatable bonds is 2. The van der Waals surface area contributed by atoms with Gasteiger partial charge in [-0.05, 0) is 49.4 Å². The molecule has 1 aromatic carbocycles. The molecule has 0 bridgehead atoms. The average Bonchev–Trinajstić information content (AvgIpc) is 2.28. The first kappa shape index (κ1) is 14.0. The van der Waals surface area contributed by atoms with Crippen LogP contribution in [-0.4, -0.2) is 25.8 Å². The summed E-state index contributed by atoms with van der Waals surface area (Å²) >= 11 is 3.36. The molecule has 2 rings (SSSR count). The first-order chi connectivity index (χ1) is 8.39. The van der Waals surface area contributed by atoms with Crippen LogP contribution in [0.4, 0.5) is 0 Å². The van der Waals surface area contributed by atoms with Crippen LogP contribution in [0.5, 0.6) is 0 Å². The summed E-state index contributed by atoms with van der Waals surface area (Å²) in [5.41, 5.74) is 0.952. The van der Waals surface area contributed by atoms with Gasteiger partial charge in [0.1, 0.15) is 0 Å². The van der Waals surface area contributed by atoms with Crippen molar-refractivity contribution in [2.75, 3.05) is 13.1 Å². The van der Waals surface area contributed by atoms with Gasteiger partial charge in [-0.2, -0.15) is 4.31 Å². The third-order valence-electron chi connectivity index (χ3n) is 3.40. The molecule has 3 nitrogen and oxygen atoms in total. The van der Waals surface area contributed by atoms with E-state index in [1.54, 1.807) is 16.4 Å². The van der Waals surface area contributed by atoms with E-state index >= 15 is 0 Å². The highest BCUT2D eigenvalue weighted by Crippen LogP contribution is 2.26. The summed E-state index contributed by atoms with van der Waals surface area (Å²) in [4.78, 5) is 0.393. The standard InChI is InChI=1S/C13H18BrNO2S/c1-10-3-5-15(6-4-10)18(16,17)13-8-11(2)7-12(14)9-13/h7-10H,3-6H2,1-2H3. The molecule has 0 amide bonds. The maximum Gasteiger partial charge on any atom is 0.243 e. The minimum Gasteiger partial charge on any atom is -0.207 e. The zero-order valence-electron chi connectivity index (χ0n) is 10.7. The van der Waals surface area contributed by atoms with Crippen molar-refractivity contribution < 1.29 is 8.42 Å². The molecule has 1 aromatic rings. The van der Waals surface area contributed by atoms with Gasteiger partial charge in [-0.15, -0.1) is 0 Å². The fourth-order valence-corrected chi connectivity index (χ4v) is 4.59. The fraction of sp³-hybridized carbons (Fsp3) is 0.538. The number of aryl methyl sites for hydroxylation is 1. The van der Waals surface area contributed by atoms with E-state index in [0.717, 1.165) is 22.9 Å². The van der Waals surface area contributed by atoms with Crippen molar-refractivity contribution in [2.24, 2.45) is 5.92 Å². The molecule has 0 radical (unpaired) electrons. The van der Waals surface area contributed by atoms with Gasteiger partial charge in [0.15, 0.2) is 0 Å². The summed E-state index contributed by atoms with van der Waals surface area (Å²) in [7, 11) is -3.33.